The van der Waals surface area contributed by atoms with Crippen LogP contribution in [-0.2, 0) is 9.47 Å². The van der Waals surface area contributed by atoms with Crippen LogP contribution in [0.25, 0.3) is 0 Å². The summed E-state index contributed by atoms with van der Waals surface area (Å²) < 4.78 is 10.3. The van der Waals surface area contributed by atoms with Gasteiger partial charge < -0.3 is 19.7 Å². The van der Waals surface area contributed by atoms with Gasteiger partial charge in [0.1, 0.15) is 12.2 Å². The molecule has 70 valence electrons. The van der Waals surface area contributed by atoms with Crippen molar-refractivity contribution in [3.05, 3.63) is 12.2 Å². The molecule has 0 aromatic carbocycles. The van der Waals surface area contributed by atoms with Crippen molar-refractivity contribution >= 4 is 0 Å². The van der Waals surface area contributed by atoms with Gasteiger partial charge in [-0.1, -0.05) is 6.08 Å². The third kappa shape index (κ3) is 2.28. The summed E-state index contributed by atoms with van der Waals surface area (Å²) in [6, 6.07) is 0. The Morgan fingerprint density at radius 3 is 2.83 bits per heavy atom. The Hall–Kier alpha value is -0.420. The molecule has 0 aromatic heterocycles. The van der Waals surface area contributed by atoms with E-state index in [2.05, 4.69) is 0 Å². The van der Waals surface area contributed by atoms with Crippen molar-refractivity contribution in [1.29, 1.82) is 0 Å². The lowest BCUT2D eigenvalue weighted by molar-refractivity contribution is -0.177. The topological polar surface area (TPSA) is 58.9 Å². The van der Waals surface area contributed by atoms with E-state index in [9.17, 15) is 5.11 Å². The summed E-state index contributed by atoms with van der Waals surface area (Å²) in [6.45, 7) is 2.20. The van der Waals surface area contributed by atoms with Crippen LogP contribution in [0.3, 0.4) is 0 Å². The van der Waals surface area contributed by atoms with Gasteiger partial charge in [0.2, 0.25) is 0 Å². The highest BCUT2D eigenvalue weighted by atomic mass is 16.7. The van der Waals surface area contributed by atoms with E-state index in [0.717, 1.165) is 0 Å². The number of ether oxygens (including phenoxy) is 2. The molecule has 1 rings (SSSR count). The number of hydrogen-bond donors (Lipinski definition) is 2. The zero-order valence-corrected chi connectivity index (χ0v) is 7.01. The van der Waals surface area contributed by atoms with Crippen LogP contribution in [0.1, 0.15) is 6.92 Å². The maximum atomic E-state index is 9.23. The largest absolute Gasteiger partial charge is 0.394 e. The van der Waals surface area contributed by atoms with Crippen LogP contribution in [0.15, 0.2) is 12.2 Å². The lowest BCUT2D eigenvalue weighted by Crippen LogP contribution is -2.38. The summed E-state index contributed by atoms with van der Waals surface area (Å²) in [4.78, 5) is 0. The predicted molar refractivity (Wildman–Crippen MR) is 42.5 cm³/mol. The normalized spacial score (nSPS) is 35.4. The van der Waals surface area contributed by atoms with Crippen molar-refractivity contribution in [3.63, 3.8) is 0 Å². The Morgan fingerprint density at radius 2 is 2.25 bits per heavy atom. The van der Waals surface area contributed by atoms with Crippen LogP contribution in [-0.4, -0.2) is 41.9 Å². The van der Waals surface area contributed by atoms with Gasteiger partial charge in [-0.2, -0.15) is 0 Å². The first-order valence-corrected chi connectivity index (χ1v) is 4.02. The molecule has 3 atom stereocenters. The van der Waals surface area contributed by atoms with Gasteiger partial charge in [0, 0.05) is 6.61 Å². The molecule has 1 heterocycles. The quantitative estimate of drug-likeness (QED) is 0.574. The first-order chi connectivity index (χ1) is 5.77. The van der Waals surface area contributed by atoms with Gasteiger partial charge in [-0.25, -0.2) is 0 Å². The summed E-state index contributed by atoms with van der Waals surface area (Å²) in [5.41, 5.74) is 0. The van der Waals surface area contributed by atoms with Crippen molar-refractivity contribution < 1.29 is 19.7 Å². The molecular formula is C8H14O4. The average Bonchev–Trinajstić information content (AvgIpc) is 2.09. The smallest absolute Gasteiger partial charge is 0.177 e. The Labute approximate surface area is 71.4 Å². The molecule has 0 saturated heterocycles. The highest BCUT2D eigenvalue weighted by Crippen LogP contribution is 2.13. The highest BCUT2D eigenvalue weighted by Gasteiger charge is 2.24. The van der Waals surface area contributed by atoms with Crippen LogP contribution in [0, 0.1) is 0 Å². The van der Waals surface area contributed by atoms with Crippen LogP contribution in [0.5, 0.6) is 0 Å². The fourth-order valence-corrected chi connectivity index (χ4v) is 1.04. The van der Waals surface area contributed by atoms with Gasteiger partial charge in [0.25, 0.3) is 0 Å². The molecule has 4 nitrogen and oxygen atoms in total. The van der Waals surface area contributed by atoms with Crippen LogP contribution < -0.4 is 0 Å². The molecule has 4 heteroatoms. The summed E-state index contributed by atoms with van der Waals surface area (Å²) in [6.07, 6.45) is 1.49. The fraction of sp³-hybridized carbons (Fsp3) is 0.750. The van der Waals surface area contributed by atoms with E-state index in [1.54, 1.807) is 12.2 Å². The van der Waals surface area contributed by atoms with Gasteiger partial charge in [-0.15, -0.1) is 0 Å². The van der Waals surface area contributed by atoms with Gasteiger partial charge in [0.05, 0.1) is 6.61 Å². The number of aliphatic hydroxyl groups excluding tert-OH is 2. The Balaban J connectivity index is 2.46. The average molecular weight is 174 g/mol. The standard InChI is InChI=1S/C8H14O4/c1-2-11-8-4-3-6(10)7(5-9)12-8/h3-4,6-10H,2,5H2,1H3/t6-,7-,8+/m0/s1. The van der Waals surface area contributed by atoms with Crippen molar-refractivity contribution in [1.82, 2.24) is 0 Å². The summed E-state index contributed by atoms with van der Waals surface area (Å²) >= 11 is 0. The molecule has 0 bridgehead atoms. The summed E-state index contributed by atoms with van der Waals surface area (Å²) in [5.74, 6) is 0. The zero-order chi connectivity index (χ0) is 8.97. The monoisotopic (exact) mass is 174 g/mol. The van der Waals surface area contributed by atoms with Gasteiger partial charge in [-0.3, -0.25) is 0 Å². The van der Waals surface area contributed by atoms with Gasteiger partial charge in [-0.05, 0) is 13.0 Å². The van der Waals surface area contributed by atoms with E-state index in [1.807, 2.05) is 6.92 Å². The number of rotatable bonds is 3. The maximum Gasteiger partial charge on any atom is 0.177 e. The highest BCUT2D eigenvalue weighted by molar-refractivity contribution is 4.99. The molecule has 0 aromatic rings. The van der Waals surface area contributed by atoms with E-state index in [0.29, 0.717) is 6.61 Å². The van der Waals surface area contributed by atoms with Gasteiger partial charge >= 0.3 is 0 Å². The van der Waals surface area contributed by atoms with Gasteiger partial charge in [0.15, 0.2) is 6.29 Å². The molecule has 0 radical (unpaired) electrons. The van der Waals surface area contributed by atoms with E-state index >= 15 is 0 Å². The van der Waals surface area contributed by atoms with Crippen LogP contribution in [0.4, 0.5) is 0 Å². The molecule has 12 heavy (non-hydrogen) atoms. The van der Waals surface area contributed by atoms with Crippen LogP contribution in [0.2, 0.25) is 0 Å². The zero-order valence-electron chi connectivity index (χ0n) is 7.01. The second-order valence-corrected chi connectivity index (χ2v) is 2.56. The second kappa shape index (κ2) is 4.57. The van der Waals surface area contributed by atoms with Crippen molar-refractivity contribution in [3.8, 4) is 0 Å². The SMILES string of the molecule is CCO[C@H]1C=C[C@H](O)[C@H](CO)O1. The van der Waals surface area contributed by atoms with E-state index in [1.165, 1.54) is 0 Å². The molecule has 0 fully saturated rings. The van der Waals surface area contributed by atoms with Crippen molar-refractivity contribution in [2.24, 2.45) is 0 Å². The fourth-order valence-electron chi connectivity index (χ4n) is 1.04. The maximum absolute atomic E-state index is 9.23. The molecule has 0 spiro atoms. The molecule has 0 saturated carbocycles. The number of hydrogen-bond acceptors (Lipinski definition) is 4. The lowest BCUT2D eigenvalue weighted by atomic mass is 10.1. The molecule has 0 aliphatic carbocycles. The minimum Gasteiger partial charge on any atom is -0.394 e. The first-order valence-electron chi connectivity index (χ1n) is 4.02. The Morgan fingerprint density at radius 1 is 1.50 bits per heavy atom. The summed E-state index contributed by atoms with van der Waals surface area (Å²) in [5, 5.41) is 18.0. The number of aliphatic hydroxyl groups is 2. The van der Waals surface area contributed by atoms with E-state index in [4.69, 9.17) is 14.6 Å². The third-order valence-corrected chi connectivity index (χ3v) is 1.67. The van der Waals surface area contributed by atoms with E-state index in [-0.39, 0.29) is 6.61 Å². The molecule has 1 aliphatic rings. The van der Waals surface area contributed by atoms with Crippen molar-refractivity contribution in [2.75, 3.05) is 13.2 Å². The summed E-state index contributed by atoms with van der Waals surface area (Å²) in [7, 11) is 0. The first kappa shape index (κ1) is 9.67. The minimum absolute atomic E-state index is 0.199. The van der Waals surface area contributed by atoms with Crippen molar-refractivity contribution in [2.45, 2.75) is 25.4 Å². The van der Waals surface area contributed by atoms with E-state index < -0.39 is 18.5 Å². The molecule has 0 amide bonds. The minimum atomic E-state index is -0.730. The van der Waals surface area contributed by atoms with Crippen LogP contribution >= 0.6 is 0 Å². The predicted octanol–water partition coefficient (Wildman–Crippen LogP) is -0.343. The molecule has 1 aliphatic heterocycles. The third-order valence-electron chi connectivity index (χ3n) is 1.67. The lowest BCUT2D eigenvalue weighted by Gasteiger charge is -2.27. The Bertz CT molecular complexity index is 157. The molecule has 0 unspecified atom stereocenters. The Kier molecular flexibility index (Phi) is 3.68. The molecule has 2 N–H and O–H groups in total. The second-order valence-electron chi connectivity index (χ2n) is 2.56. The molecular weight excluding hydrogens is 160 g/mol.